The van der Waals surface area contributed by atoms with Crippen LogP contribution < -0.4 is 10.3 Å². The Hall–Kier alpha value is -1.75. The molecule has 0 atom stereocenters. The van der Waals surface area contributed by atoms with Crippen molar-refractivity contribution in [2.24, 2.45) is 0 Å². The predicted octanol–water partition coefficient (Wildman–Crippen LogP) is 2.17. The van der Waals surface area contributed by atoms with Crippen LogP contribution in [0.1, 0.15) is 0 Å². The Kier molecular flexibility index (Phi) is 3.49. The molecule has 2 aromatic rings. The molecule has 4 nitrogen and oxygen atoms in total. The Morgan fingerprint density at radius 2 is 2.00 bits per heavy atom. The number of rotatable bonds is 3. The molecule has 0 amide bonds. The van der Waals surface area contributed by atoms with Gasteiger partial charge < -0.3 is 9.72 Å². The summed E-state index contributed by atoms with van der Waals surface area (Å²) in [5.41, 5.74) is 1.42. The van der Waals surface area contributed by atoms with Gasteiger partial charge in [-0.25, -0.2) is 4.98 Å². The first-order chi connectivity index (χ1) is 8.22. The maximum Gasteiger partial charge on any atom is 0.252 e. The Labute approximate surface area is 103 Å². The molecule has 1 N–H and O–H groups in total. The molecule has 17 heavy (non-hydrogen) atoms. The number of methoxy groups -OCH3 is 1. The highest BCUT2D eigenvalue weighted by atomic mass is 32.2. The Balaban J connectivity index is 2.44. The van der Waals surface area contributed by atoms with Gasteiger partial charge in [0, 0.05) is 11.6 Å². The molecule has 0 unspecified atom stereocenters. The zero-order valence-electron chi connectivity index (χ0n) is 9.56. The number of nitrogens with one attached hydrogen (secondary N) is 1. The Morgan fingerprint density at radius 1 is 1.29 bits per heavy atom. The minimum absolute atomic E-state index is 0.143. The van der Waals surface area contributed by atoms with Crippen molar-refractivity contribution in [2.45, 2.75) is 5.16 Å². The van der Waals surface area contributed by atoms with Crippen molar-refractivity contribution in [2.75, 3.05) is 13.4 Å². The smallest absolute Gasteiger partial charge is 0.252 e. The fourth-order valence-electron chi connectivity index (χ4n) is 1.44. The molecule has 0 radical (unpaired) electrons. The van der Waals surface area contributed by atoms with Gasteiger partial charge in [-0.2, -0.15) is 0 Å². The molecule has 5 heteroatoms. The topological polar surface area (TPSA) is 55.0 Å². The van der Waals surface area contributed by atoms with Crippen LogP contribution in [0.25, 0.3) is 11.3 Å². The average molecular weight is 248 g/mol. The zero-order valence-corrected chi connectivity index (χ0v) is 10.4. The zero-order chi connectivity index (χ0) is 12.3. The number of nitrogens with zero attached hydrogens (tertiary/aromatic N) is 1. The lowest BCUT2D eigenvalue weighted by Gasteiger charge is -2.04. The quantitative estimate of drug-likeness (QED) is 0.668. The van der Waals surface area contributed by atoms with E-state index in [0.29, 0.717) is 10.9 Å². The summed E-state index contributed by atoms with van der Waals surface area (Å²) < 4.78 is 5.08. The molecule has 0 aliphatic carbocycles. The highest BCUT2D eigenvalue weighted by Gasteiger charge is 2.03. The van der Waals surface area contributed by atoms with Crippen molar-refractivity contribution >= 4 is 11.8 Å². The van der Waals surface area contributed by atoms with E-state index in [9.17, 15) is 4.79 Å². The SMILES string of the molecule is COc1ccc(-c2cc(=O)[nH]c(SC)n2)cc1. The van der Waals surface area contributed by atoms with E-state index < -0.39 is 0 Å². The van der Waals surface area contributed by atoms with Crippen molar-refractivity contribution in [3.05, 3.63) is 40.7 Å². The van der Waals surface area contributed by atoms with E-state index in [0.717, 1.165) is 11.3 Å². The first-order valence-corrected chi connectivity index (χ1v) is 6.25. The number of hydrogen-bond donors (Lipinski definition) is 1. The molecule has 1 heterocycles. The Bertz CT molecular complexity index is 563. The summed E-state index contributed by atoms with van der Waals surface area (Å²) in [5, 5.41) is 0.614. The van der Waals surface area contributed by atoms with Crippen LogP contribution in [0.3, 0.4) is 0 Å². The van der Waals surface area contributed by atoms with Gasteiger partial charge in [0.15, 0.2) is 5.16 Å². The number of aromatic nitrogens is 2. The lowest BCUT2D eigenvalue weighted by atomic mass is 10.1. The third kappa shape index (κ3) is 2.68. The molecule has 0 fully saturated rings. The lowest BCUT2D eigenvalue weighted by molar-refractivity contribution is 0.415. The molecule has 0 bridgehead atoms. The molecule has 0 saturated carbocycles. The largest absolute Gasteiger partial charge is 0.497 e. The van der Waals surface area contributed by atoms with Gasteiger partial charge in [-0.05, 0) is 30.5 Å². The molecule has 0 aliphatic rings. The van der Waals surface area contributed by atoms with E-state index in [4.69, 9.17) is 4.74 Å². The number of H-pyrrole nitrogens is 1. The van der Waals surface area contributed by atoms with E-state index >= 15 is 0 Å². The fraction of sp³-hybridized carbons (Fsp3) is 0.167. The highest BCUT2D eigenvalue weighted by molar-refractivity contribution is 7.98. The summed E-state index contributed by atoms with van der Waals surface area (Å²) in [6.45, 7) is 0. The number of hydrogen-bond acceptors (Lipinski definition) is 4. The van der Waals surface area contributed by atoms with Crippen molar-refractivity contribution in [3.8, 4) is 17.0 Å². The van der Waals surface area contributed by atoms with Crippen LogP contribution in [0.4, 0.5) is 0 Å². The second-order valence-electron chi connectivity index (χ2n) is 3.37. The molecular formula is C12H12N2O2S. The molecule has 1 aromatic heterocycles. The first kappa shape index (κ1) is 11.7. The van der Waals surface area contributed by atoms with Crippen molar-refractivity contribution in [1.82, 2.24) is 9.97 Å². The molecule has 0 aliphatic heterocycles. The number of aromatic amines is 1. The van der Waals surface area contributed by atoms with Gasteiger partial charge in [0.05, 0.1) is 12.8 Å². The van der Waals surface area contributed by atoms with Gasteiger partial charge >= 0.3 is 0 Å². The molecule has 0 saturated heterocycles. The highest BCUT2D eigenvalue weighted by Crippen LogP contribution is 2.20. The van der Waals surface area contributed by atoms with Crippen LogP contribution in [0.2, 0.25) is 0 Å². The second-order valence-corrected chi connectivity index (χ2v) is 4.16. The van der Waals surface area contributed by atoms with Gasteiger partial charge in [-0.1, -0.05) is 11.8 Å². The summed E-state index contributed by atoms with van der Waals surface area (Å²) >= 11 is 1.41. The lowest BCUT2D eigenvalue weighted by Crippen LogP contribution is -2.07. The third-order valence-electron chi connectivity index (χ3n) is 2.30. The molecule has 2 rings (SSSR count). The predicted molar refractivity (Wildman–Crippen MR) is 68.6 cm³/mol. The summed E-state index contributed by atoms with van der Waals surface area (Å²) in [6, 6.07) is 8.94. The molecular weight excluding hydrogens is 236 g/mol. The van der Waals surface area contributed by atoms with Crippen LogP contribution in [0.15, 0.2) is 40.3 Å². The van der Waals surface area contributed by atoms with Gasteiger partial charge in [-0.3, -0.25) is 4.79 Å². The average Bonchev–Trinajstić information content (AvgIpc) is 2.38. The van der Waals surface area contributed by atoms with E-state index in [2.05, 4.69) is 9.97 Å². The minimum atomic E-state index is -0.143. The van der Waals surface area contributed by atoms with Gasteiger partial charge in [0.1, 0.15) is 5.75 Å². The number of benzene rings is 1. The molecule has 88 valence electrons. The normalized spacial score (nSPS) is 10.2. The van der Waals surface area contributed by atoms with Crippen LogP contribution >= 0.6 is 11.8 Å². The summed E-state index contributed by atoms with van der Waals surface area (Å²) in [5.74, 6) is 0.781. The second kappa shape index (κ2) is 5.05. The van der Waals surface area contributed by atoms with Crippen LogP contribution in [-0.4, -0.2) is 23.3 Å². The summed E-state index contributed by atoms with van der Waals surface area (Å²) in [4.78, 5) is 18.4. The van der Waals surface area contributed by atoms with Gasteiger partial charge in [0.2, 0.25) is 0 Å². The van der Waals surface area contributed by atoms with Crippen LogP contribution in [-0.2, 0) is 0 Å². The van der Waals surface area contributed by atoms with E-state index in [1.54, 1.807) is 7.11 Å². The molecule has 1 aromatic carbocycles. The van der Waals surface area contributed by atoms with Crippen molar-refractivity contribution < 1.29 is 4.74 Å². The summed E-state index contributed by atoms with van der Waals surface area (Å²) in [7, 11) is 1.62. The van der Waals surface area contributed by atoms with E-state index in [1.165, 1.54) is 17.8 Å². The fourth-order valence-corrected chi connectivity index (χ4v) is 1.83. The standard InChI is InChI=1S/C12H12N2O2S/c1-16-9-5-3-8(4-6-9)10-7-11(15)14-12(13-10)17-2/h3-7H,1-2H3,(H,13,14,15). The van der Waals surface area contributed by atoms with Crippen molar-refractivity contribution in [3.63, 3.8) is 0 Å². The van der Waals surface area contributed by atoms with Gasteiger partial charge in [-0.15, -0.1) is 0 Å². The van der Waals surface area contributed by atoms with Crippen molar-refractivity contribution in [1.29, 1.82) is 0 Å². The Morgan fingerprint density at radius 3 is 2.59 bits per heavy atom. The monoisotopic (exact) mass is 248 g/mol. The maximum atomic E-state index is 11.4. The first-order valence-electron chi connectivity index (χ1n) is 5.02. The number of thioether (sulfide) groups is 1. The maximum absolute atomic E-state index is 11.4. The van der Waals surface area contributed by atoms with Crippen LogP contribution in [0, 0.1) is 0 Å². The summed E-state index contributed by atoms with van der Waals surface area (Å²) in [6.07, 6.45) is 1.87. The number of ether oxygens (including phenoxy) is 1. The third-order valence-corrected chi connectivity index (χ3v) is 2.88. The minimum Gasteiger partial charge on any atom is -0.497 e. The van der Waals surface area contributed by atoms with Crippen LogP contribution in [0.5, 0.6) is 5.75 Å². The van der Waals surface area contributed by atoms with E-state index in [-0.39, 0.29) is 5.56 Å². The van der Waals surface area contributed by atoms with E-state index in [1.807, 2.05) is 30.5 Å². The molecule has 0 spiro atoms. The van der Waals surface area contributed by atoms with Gasteiger partial charge in [0.25, 0.3) is 5.56 Å².